The number of urea groups is 1. The number of ketones is 2. The quantitative estimate of drug-likeness (QED) is 0.0161. The van der Waals surface area contributed by atoms with Crippen molar-refractivity contribution < 1.29 is 52.4 Å². The molecule has 4 amide bonds. The van der Waals surface area contributed by atoms with Gasteiger partial charge in [-0.2, -0.15) is 16.7 Å². The monoisotopic (exact) mass is 1170 g/mol. The number of hydrogen-bond acceptors (Lipinski definition) is 18. The second-order valence-electron chi connectivity index (χ2n) is 21.1. The third-order valence-corrected chi connectivity index (χ3v) is 16.3. The molecule has 5 heterocycles. The van der Waals surface area contributed by atoms with Gasteiger partial charge in [0.2, 0.25) is 17.8 Å². The average molecular weight is 1170 g/mol. The average Bonchev–Trinajstić information content (AvgIpc) is 4.27. The molecular formula is C60H85N11O11S. The standard InChI is InChI=1S/C60H85N11O11S/c1-5-54(74)62-44-15-12-16-45(37-44)63-58-42(2)39-61-59(67-58)64-46-17-13-22-49(38-46)82-36-35-80-30-27-71-51-25-26-70(40-52(77-4)43(3)56(51)68-69-71)55(75)24-14-21-48(73)20-9-11-29-79-32-34-81-33-31-78-28-10-8-19-47(72)18-6-7-23-53-57-50(41-83-53)65-60(76)66-57/h5,12-13,15-17,22,37-39,43,50,52-53,57H,1,6-11,14,18-21,23-36,40-41H2,2-4H3,(H,62,74)(H2,65,66,76)(H2,61,63,64,67)/t43-,50+,52+,53+,57+/m1/s1. The number of unbranched alkanes of at least 4 members (excludes halogenated alkanes) is 3. The summed E-state index contributed by atoms with van der Waals surface area (Å²) < 4.78 is 36.7. The van der Waals surface area contributed by atoms with Gasteiger partial charge in [-0.1, -0.05) is 37.3 Å². The number of thioether (sulfide) groups is 1. The summed E-state index contributed by atoms with van der Waals surface area (Å²) in [6, 6.07) is 15.2. The van der Waals surface area contributed by atoms with Crippen LogP contribution in [0.2, 0.25) is 0 Å². The minimum atomic E-state index is -0.295. The van der Waals surface area contributed by atoms with Crippen molar-refractivity contribution >= 4 is 70.0 Å². The van der Waals surface area contributed by atoms with Crippen molar-refractivity contribution in [3.8, 4) is 5.75 Å². The van der Waals surface area contributed by atoms with Crippen LogP contribution >= 0.6 is 11.8 Å². The normalized spacial score (nSPS) is 18.3. The van der Waals surface area contributed by atoms with Gasteiger partial charge in [0.1, 0.15) is 29.7 Å². The van der Waals surface area contributed by atoms with Crippen LogP contribution in [0.25, 0.3) is 0 Å². The molecule has 83 heavy (non-hydrogen) atoms. The van der Waals surface area contributed by atoms with E-state index in [9.17, 15) is 24.0 Å². The van der Waals surface area contributed by atoms with Gasteiger partial charge in [0, 0.05) is 124 Å². The van der Waals surface area contributed by atoms with E-state index in [4.69, 9.17) is 28.4 Å². The Labute approximate surface area is 492 Å². The Hall–Kier alpha value is -6.50. The Morgan fingerprint density at radius 2 is 1.45 bits per heavy atom. The maximum Gasteiger partial charge on any atom is 0.315 e. The number of aromatic nitrogens is 5. The summed E-state index contributed by atoms with van der Waals surface area (Å²) in [6.45, 7) is 13.0. The highest BCUT2D eigenvalue weighted by Gasteiger charge is 2.42. The molecule has 0 aliphatic carbocycles. The molecule has 0 spiro atoms. The van der Waals surface area contributed by atoms with Crippen molar-refractivity contribution in [2.24, 2.45) is 0 Å². The molecule has 0 unspecified atom stereocenters. The first-order chi connectivity index (χ1) is 40.5. The van der Waals surface area contributed by atoms with E-state index in [0.717, 1.165) is 79.0 Å². The highest BCUT2D eigenvalue weighted by Crippen LogP contribution is 2.34. The zero-order chi connectivity index (χ0) is 58.6. The minimum Gasteiger partial charge on any atom is -0.491 e. The number of aryl methyl sites for hydroxylation is 1. The minimum absolute atomic E-state index is 0.00257. The van der Waals surface area contributed by atoms with E-state index in [2.05, 4.69) is 60.4 Å². The van der Waals surface area contributed by atoms with E-state index in [1.165, 1.54) is 6.08 Å². The molecule has 3 aliphatic heterocycles. The molecular weight excluding hydrogens is 1080 g/mol. The molecule has 22 nitrogen and oxygen atoms in total. The number of carbonyl (C=O) groups excluding carboxylic acids is 5. The second-order valence-corrected chi connectivity index (χ2v) is 22.4. The van der Waals surface area contributed by atoms with Gasteiger partial charge in [-0.05, 0) is 88.3 Å². The summed E-state index contributed by atoms with van der Waals surface area (Å²) in [5, 5.41) is 24.8. The Bertz CT molecular complexity index is 2710. The van der Waals surface area contributed by atoms with Gasteiger partial charge in [0.15, 0.2) is 0 Å². The lowest BCUT2D eigenvalue weighted by atomic mass is 9.95. The maximum atomic E-state index is 13.6. The molecule has 23 heteroatoms. The smallest absolute Gasteiger partial charge is 0.315 e. The zero-order valence-electron chi connectivity index (χ0n) is 48.5. The van der Waals surface area contributed by atoms with Gasteiger partial charge >= 0.3 is 6.03 Å². The second kappa shape index (κ2) is 34.9. The van der Waals surface area contributed by atoms with E-state index in [-0.39, 0.29) is 54.2 Å². The van der Waals surface area contributed by atoms with Crippen molar-refractivity contribution in [3.63, 3.8) is 0 Å². The molecule has 452 valence electrons. The van der Waals surface area contributed by atoms with Crippen molar-refractivity contribution in [2.75, 3.05) is 101 Å². The van der Waals surface area contributed by atoms with Crippen LogP contribution in [-0.2, 0) is 55.8 Å². The van der Waals surface area contributed by atoms with E-state index in [0.29, 0.717) is 152 Å². The van der Waals surface area contributed by atoms with Crippen LogP contribution < -0.4 is 31.3 Å². The molecule has 0 bridgehead atoms. The van der Waals surface area contributed by atoms with Gasteiger partial charge in [-0.3, -0.25) is 19.2 Å². The van der Waals surface area contributed by atoms with Gasteiger partial charge < -0.3 is 59.9 Å². The van der Waals surface area contributed by atoms with E-state index in [1.54, 1.807) is 25.4 Å². The Morgan fingerprint density at radius 3 is 2.18 bits per heavy atom. The lowest BCUT2D eigenvalue weighted by molar-refractivity contribution is -0.133. The molecule has 4 aromatic rings. The molecule has 5 atom stereocenters. The van der Waals surface area contributed by atoms with E-state index < -0.39 is 0 Å². The Balaban J connectivity index is 0.687. The number of hydrogen-bond donors (Lipinski definition) is 5. The number of ether oxygens (including phenoxy) is 6. The molecule has 2 saturated heterocycles. The summed E-state index contributed by atoms with van der Waals surface area (Å²) >= 11 is 1.91. The Kier molecular flexibility index (Phi) is 27.0. The molecule has 2 aromatic carbocycles. The van der Waals surface area contributed by atoms with Crippen LogP contribution in [-0.4, -0.2) is 168 Å². The van der Waals surface area contributed by atoms with Crippen LogP contribution in [0.5, 0.6) is 5.75 Å². The number of benzene rings is 2. The van der Waals surface area contributed by atoms with Gasteiger partial charge in [-0.15, -0.1) is 5.10 Å². The maximum absolute atomic E-state index is 13.6. The van der Waals surface area contributed by atoms with Crippen LogP contribution in [0.3, 0.4) is 0 Å². The SMILES string of the molecule is C=CC(=O)Nc1cccc(Nc2nc(Nc3cccc(OCCOCCn4nnc5c4CCN(C(=O)CCCC(=O)CCCCOCCOCCOCCCCC(=O)CCCC[C@@H]4SC[C@@H]6NC(=O)N[C@@H]64)C[C@H](OC)[C@H]5C)c3)ncc2C)c1. The summed E-state index contributed by atoms with van der Waals surface area (Å²) in [5.41, 5.74) is 4.76. The number of amides is 4. The first-order valence-electron chi connectivity index (χ1n) is 29.4. The first-order valence-corrected chi connectivity index (χ1v) is 30.4. The van der Waals surface area contributed by atoms with Crippen LogP contribution in [0, 0.1) is 6.92 Å². The third kappa shape index (κ3) is 21.6. The number of methoxy groups -OCH3 is 1. The molecule has 2 fully saturated rings. The number of anilines is 5. The number of fused-ring (bicyclic) bond motifs is 2. The lowest BCUT2D eigenvalue weighted by Gasteiger charge is -2.32. The van der Waals surface area contributed by atoms with Crippen molar-refractivity contribution in [3.05, 3.63) is 84.3 Å². The topological polar surface area (TPSA) is 261 Å². The third-order valence-electron chi connectivity index (χ3n) is 14.8. The molecule has 3 aliphatic rings. The zero-order valence-corrected chi connectivity index (χ0v) is 49.4. The highest BCUT2D eigenvalue weighted by atomic mass is 32.2. The van der Waals surface area contributed by atoms with Gasteiger partial charge in [0.05, 0.1) is 75.8 Å². The summed E-state index contributed by atoms with van der Waals surface area (Å²) in [6.07, 6.45) is 12.2. The number of carbonyl (C=O) groups is 5. The molecule has 0 radical (unpaired) electrons. The Morgan fingerprint density at radius 1 is 0.783 bits per heavy atom. The number of nitrogens with zero attached hydrogens (tertiary/aromatic N) is 6. The van der Waals surface area contributed by atoms with Crippen LogP contribution in [0.15, 0.2) is 67.4 Å². The molecule has 5 N–H and O–H groups in total. The van der Waals surface area contributed by atoms with Gasteiger partial charge in [-0.25, -0.2) is 14.5 Å². The van der Waals surface area contributed by atoms with Crippen molar-refractivity contribution in [1.82, 2.24) is 40.5 Å². The predicted octanol–water partition coefficient (Wildman–Crippen LogP) is 8.01. The molecule has 0 saturated carbocycles. The van der Waals surface area contributed by atoms with E-state index in [1.807, 2.05) is 64.7 Å². The summed E-state index contributed by atoms with van der Waals surface area (Å²) in [4.78, 5) is 72.9. The predicted molar refractivity (Wildman–Crippen MR) is 319 cm³/mol. The largest absolute Gasteiger partial charge is 0.491 e. The molecule has 7 rings (SSSR count). The number of rotatable bonds is 39. The lowest BCUT2D eigenvalue weighted by Crippen LogP contribution is -2.43. The van der Waals surface area contributed by atoms with Gasteiger partial charge in [0.25, 0.3) is 0 Å². The number of Topliss-reactive ketones (excluding diaryl/α,β-unsaturated/α-hetero) is 2. The van der Waals surface area contributed by atoms with E-state index >= 15 is 0 Å². The van der Waals surface area contributed by atoms with Crippen molar-refractivity contribution in [2.45, 2.75) is 140 Å². The summed E-state index contributed by atoms with van der Waals surface area (Å²) in [7, 11) is 1.65. The summed E-state index contributed by atoms with van der Waals surface area (Å²) in [5.74, 6) is 2.68. The fourth-order valence-corrected chi connectivity index (χ4v) is 11.7. The first kappa shape index (κ1) is 64.1. The molecule has 2 aromatic heterocycles. The fourth-order valence-electron chi connectivity index (χ4n) is 10.2. The van der Waals surface area contributed by atoms with Crippen LogP contribution in [0.1, 0.15) is 113 Å². The highest BCUT2D eigenvalue weighted by molar-refractivity contribution is 8.00. The number of nitrogens with one attached hydrogen (secondary N) is 5. The van der Waals surface area contributed by atoms with Crippen LogP contribution in [0.4, 0.5) is 33.6 Å². The fraction of sp³-hybridized carbons (Fsp3) is 0.583. The van der Waals surface area contributed by atoms with Crippen molar-refractivity contribution in [1.29, 1.82) is 0 Å².